The molecule has 94 valence electrons. The highest BCUT2D eigenvalue weighted by molar-refractivity contribution is 5.99. The van der Waals surface area contributed by atoms with Crippen molar-refractivity contribution in [1.82, 2.24) is 0 Å². The molecular formula is C13H18O4. The summed E-state index contributed by atoms with van der Waals surface area (Å²) >= 11 is 0. The predicted octanol–water partition coefficient (Wildman–Crippen LogP) is 2.31. The second-order valence-electron chi connectivity index (χ2n) is 3.74. The molecule has 0 bridgehead atoms. The van der Waals surface area contributed by atoms with E-state index in [0.29, 0.717) is 23.5 Å². The Morgan fingerprint density at radius 2 is 1.94 bits per heavy atom. The Kier molecular flexibility index (Phi) is 4.97. The summed E-state index contributed by atoms with van der Waals surface area (Å²) in [6, 6.07) is 5.17. The minimum absolute atomic E-state index is 0.0184. The predicted molar refractivity (Wildman–Crippen MR) is 65.0 cm³/mol. The van der Waals surface area contributed by atoms with Crippen LogP contribution in [0.3, 0.4) is 0 Å². The Morgan fingerprint density at radius 3 is 2.47 bits per heavy atom. The van der Waals surface area contributed by atoms with Gasteiger partial charge in [-0.2, -0.15) is 0 Å². The highest BCUT2D eigenvalue weighted by atomic mass is 16.5. The molecule has 0 saturated carbocycles. The minimum atomic E-state index is -0.113. The fourth-order valence-electron chi connectivity index (χ4n) is 1.49. The third-order valence-electron chi connectivity index (χ3n) is 2.58. The summed E-state index contributed by atoms with van der Waals surface area (Å²) < 4.78 is 15.3. The highest BCUT2D eigenvalue weighted by Gasteiger charge is 2.16. The van der Waals surface area contributed by atoms with Crippen molar-refractivity contribution in [2.24, 2.45) is 0 Å². The van der Waals surface area contributed by atoms with Gasteiger partial charge in [-0.15, -0.1) is 0 Å². The van der Waals surface area contributed by atoms with Gasteiger partial charge in [0.05, 0.1) is 25.9 Å². The van der Waals surface area contributed by atoms with Crippen LogP contribution in [0.15, 0.2) is 18.2 Å². The maximum Gasteiger partial charge on any atom is 0.169 e. The fourth-order valence-corrected chi connectivity index (χ4v) is 1.49. The molecule has 0 amide bonds. The molecule has 4 nitrogen and oxygen atoms in total. The van der Waals surface area contributed by atoms with Crippen LogP contribution in [-0.2, 0) is 4.74 Å². The van der Waals surface area contributed by atoms with Crippen molar-refractivity contribution in [1.29, 1.82) is 0 Å². The SMILES string of the molecule is COc1ccc(OC)c(C(=O)CC(C)OC)c1. The first-order valence-corrected chi connectivity index (χ1v) is 5.40. The van der Waals surface area contributed by atoms with Crippen molar-refractivity contribution in [3.63, 3.8) is 0 Å². The highest BCUT2D eigenvalue weighted by Crippen LogP contribution is 2.25. The van der Waals surface area contributed by atoms with E-state index in [2.05, 4.69) is 0 Å². The van der Waals surface area contributed by atoms with E-state index in [1.807, 2.05) is 6.92 Å². The lowest BCUT2D eigenvalue weighted by Gasteiger charge is -2.12. The zero-order chi connectivity index (χ0) is 12.8. The van der Waals surface area contributed by atoms with Crippen molar-refractivity contribution in [2.45, 2.75) is 19.4 Å². The standard InChI is InChI=1S/C13H18O4/c1-9(15-2)7-12(14)11-8-10(16-3)5-6-13(11)17-4/h5-6,8-9H,7H2,1-4H3. The molecule has 1 unspecified atom stereocenters. The van der Waals surface area contributed by atoms with Crippen LogP contribution in [0.25, 0.3) is 0 Å². The first kappa shape index (κ1) is 13.5. The molecule has 4 heteroatoms. The molecule has 0 aromatic heterocycles. The Labute approximate surface area is 101 Å². The van der Waals surface area contributed by atoms with Gasteiger partial charge in [0.2, 0.25) is 0 Å². The van der Waals surface area contributed by atoms with Crippen LogP contribution in [0.1, 0.15) is 23.7 Å². The number of methoxy groups -OCH3 is 3. The van der Waals surface area contributed by atoms with E-state index in [1.165, 1.54) is 0 Å². The third kappa shape index (κ3) is 3.46. The molecule has 0 fully saturated rings. The van der Waals surface area contributed by atoms with E-state index < -0.39 is 0 Å². The summed E-state index contributed by atoms with van der Waals surface area (Å²) in [4.78, 5) is 12.0. The number of benzene rings is 1. The van der Waals surface area contributed by atoms with Crippen molar-refractivity contribution < 1.29 is 19.0 Å². The quantitative estimate of drug-likeness (QED) is 0.713. The van der Waals surface area contributed by atoms with Crippen molar-refractivity contribution in [3.05, 3.63) is 23.8 Å². The average molecular weight is 238 g/mol. The molecule has 1 aromatic rings. The molecule has 0 N–H and O–H groups in total. The first-order chi connectivity index (χ1) is 8.12. The van der Waals surface area contributed by atoms with Crippen LogP contribution >= 0.6 is 0 Å². The zero-order valence-corrected chi connectivity index (χ0v) is 10.6. The summed E-state index contributed by atoms with van der Waals surface area (Å²) in [5, 5.41) is 0. The molecule has 0 aliphatic carbocycles. The summed E-state index contributed by atoms with van der Waals surface area (Å²) in [6.45, 7) is 1.85. The van der Waals surface area contributed by atoms with E-state index in [1.54, 1.807) is 39.5 Å². The van der Waals surface area contributed by atoms with E-state index in [-0.39, 0.29) is 11.9 Å². The molecule has 0 aliphatic rings. The van der Waals surface area contributed by atoms with Crippen LogP contribution in [0.4, 0.5) is 0 Å². The number of Topliss-reactive ketones (excluding diaryl/α,β-unsaturated/α-hetero) is 1. The molecule has 0 heterocycles. The van der Waals surface area contributed by atoms with Gasteiger partial charge in [-0.1, -0.05) is 0 Å². The van der Waals surface area contributed by atoms with Gasteiger partial charge in [-0.25, -0.2) is 0 Å². The van der Waals surface area contributed by atoms with Crippen molar-refractivity contribution >= 4 is 5.78 Å². The van der Waals surface area contributed by atoms with Gasteiger partial charge < -0.3 is 14.2 Å². The number of carbonyl (C=O) groups is 1. The Hall–Kier alpha value is -1.55. The largest absolute Gasteiger partial charge is 0.497 e. The summed E-state index contributed by atoms with van der Waals surface area (Å²) in [5.41, 5.74) is 0.524. The van der Waals surface area contributed by atoms with Gasteiger partial charge >= 0.3 is 0 Å². The fraction of sp³-hybridized carbons (Fsp3) is 0.462. The van der Waals surface area contributed by atoms with E-state index in [9.17, 15) is 4.79 Å². The lowest BCUT2D eigenvalue weighted by atomic mass is 10.0. The normalized spacial score (nSPS) is 12.0. The third-order valence-corrected chi connectivity index (χ3v) is 2.58. The number of rotatable bonds is 6. The lowest BCUT2D eigenvalue weighted by molar-refractivity contribution is 0.0789. The number of ether oxygens (including phenoxy) is 3. The van der Waals surface area contributed by atoms with Gasteiger partial charge in [0.25, 0.3) is 0 Å². The molecular weight excluding hydrogens is 220 g/mol. The summed E-state index contributed by atoms with van der Waals surface area (Å²) in [6.07, 6.45) is 0.207. The minimum Gasteiger partial charge on any atom is -0.497 e. The molecule has 0 aliphatic heterocycles. The number of carbonyl (C=O) groups excluding carboxylic acids is 1. The molecule has 0 spiro atoms. The van der Waals surface area contributed by atoms with Crippen LogP contribution in [-0.4, -0.2) is 33.2 Å². The van der Waals surface area contributed by atoms with Gasteiger partial charge in [-0.3, -0.25) is 4.79 Å². The molecule has 0 radical (unpaired) electrons. The van der Waals surface area contributed by atoms with Crippen LogP contribution < -0.4 is 9.47 Å². The maximum absolute atomic E-state index is 12.0. The second-order valence-corrected chi connectivity index (χ2v) is 3.74. The summed E-state index contributed by atoms with van der Waals surface area (Å²) in [7, 11) is 4.69. The number of ketones is 1. The van der Waals surface area contributed by atoms with Crippen molar-refractivity contribution in [2.75, 3.05) is 21.3 Å². The molecule has 1 aromatic carbocycles. The van der Waals surface area contributed by atoms with Crippen LogP contribution in [0, 0.1) is 0 Å². The van der Waals surface area contributed by atoms with Crippen molar-refractivity contribution in [3.8, 4) is 11.5 Å². The number of hydrogen-bond donors (Lipinski definition) is 0. The Morgan fingerprint density at radius 1 is 1.24 bits per heavy atom. The molecule has 0 saturated heterocycles. The van der Waals surface area contributed by atoms with Gasteiger partial charge in [0.1, 0.15) is 11.5 Å². The average Bonchev–Trinajstić information content (AvgIpc) is 2.37. The maximum atomic E-state index is 12.0. The van der Waals surface area contributed by atoms with Gasteiger partial charge in [0, 0.05) is 13.5 Å². The lowest BCUT2D eigenvalue weighted by Crippen LogP contribution is -2.13. The molecule has 17 heavy (non-hydrogen) atoms. The van der Waals surface area contributed by atoms with Gasteiger partial charge in [-0.05, 0) is 25.1 Å². The smallest absolute Gasteiger partial charge is 0.169 e. The monoisotopic (exact) mass is 238 g/mol. The van der Waals surface area contributed by atoms with E-state index in [0.717, 1.165) is 0 Å². The molecule has 1 atom stereocenters. The topological polar surface area (TPSA) is 44.8 Å². The van der Waals surface area contributed by atoms with E-state index >= 15 is 0 Å². The second kappa shape index (κ2) is 6.25. The van der Waals surface area contributed by atoms with Gasteiger partial charge in [0.15, 0.2) is 5.78 Å². The van der Waals surface area contributed by atoms with Crippen LogP contribution in [0.2, 0.25) is 0 Å². The molecule has 1 rings (SSSR count). The first-order valence-electron chi connectivity index (χ1n) is 5.40. The van der Waals surface area contributed by atoms with E-state index in [4.69, 9.17) is 14.2 Å². The Balaban J connectivity index is 2.97. The number of hydrogen-bond acceptors (Lipinski definition) is 4. The summed E-state index contributed by atoms with van der Waals surface area (Å²) in [5.74, 6) is 1.17. The zero-order valence-electron chi connectivity index (χ0n) is 10.6. The Bertz CT molecular complexity index is 387. The van der Waals surface area contributed by atoms with Crippen LogP contribution in [0.5, 0.6) is 11.5 Å².